The van der Waals surface area contributed by atoms with E-state index in [-0.39, 0.29) is 12.5 Å². The van der Waals surface area contributed by atoms with Crippen LogP contribution in [0.4, 0.5) is 0 Å². The van der Waals surface area contributed by atoms with Crippen molar-refractivity contribution in [2.24, 2.45) is 11.7 Å². The maximum atomic E-state index is 11.6. The lowest BCUT2D eigenvalue weighted by atomic mass is 9.84. The third-order valence-electron chi connectivity index (χ3n) is 3.03. The highest BCUT2D eigenvalue weighted by Crippen LogP contribution is 2.53. The Kier molecular flexibility index (Phi) is 2.78. The summed E-state index contributed by atoms with van der Waals surface area (Å²) in [5, 5.41) is 0. The first-order valence-corrected chi connectivity index (χ1v) is 5.00. The number of hydrogen-bond acceptors (Lipinski definition) is 4. The van der Waals surface area contributed by atoms with Gasteiger partial charge in [0, 0.05) is 0 Å². The van der Waals surface area contributed by atoms with E-state index < -0.39 is 23.1 Å². The van der Waals surface area contributed by atoms with Crippen molar-refractivity contribution in [2.45, 2.75) is 38.9 Å². The van der Waals surface area contributed by atoms with Crippen LogP contribution in [-0.2, 0) is 19.1 Å². The molecule has 0 aliphatic carbocycles. The van der Waals surface area contributed by atoms with Crippen LogP contribution in [0.1, 0.15) is 27.7 Å². The summed E-state index contributed by atoms with van der Waals surface area (Å²) < 4.78 is 10.1. The highest BCUT2D eigenvalue weighted by atomic mass is 16.7. The summed E-state index contributed by atoms with van der Waals surface area (Å²) in [7, 11) is 0. The van der Waals surface area contributed by atoms with E-state index in [2.05, 4.69) is 0 Å². The zero-order chi connectivity index (χ0) is 11.9. The molecule has 0 unspecified atom stereocenters. The number of epoxide rings is 1. The van der Waals surface area contributed by atoms with Gasteiger partial charge in [0.25, 0.3) is 11.5 Å². The first kappa shape index (κ1) is 12.0. The summed E-state index contributed by atoms with van der Waals surface area (Å²) in [4.78, 5) is 23.0. The van der Waals surface area contributed by atoms with Crippen LogP contribution in [-0.4, -0.2) is 29.7 Å². The van der Waals surface area contributed by atoms with Gasteiger partial charge < -0.3 is 15.2 Å². The van der Waals surface area contributed by atoms with Gasteiger partial charge in [-0.3, -0.25) is 4.79 Å². The molecule has 86 valence electrons. The van der Waals surface area contributed by atoms with Crippen molar-refractivity contribution in [3.63, 3.8) is 0 Å². The van der Waals surface area contributed by atoms with Gasteiger partial charge in [-0.05, 0) is 19.8 Å². The molecule has 1 rings (SSSR count). The van der Waals surface area contributed by atoms with Crippen molar-refractivity contribution in [1.82, 2.24) is 0 Å². The normalized spacial score (nSPS) is 33.9. The lowest BCUT2D eigenvalue weighted by Crippen LogP contribution is -2.47. The molecule has 1 fully saturated rings. The van der Waals surface area contributed by atoms with Crippen molar-refractivity contribution in [2.75, 3.05) is 6.61 Å². The third-order valence-corrected chi connectivity index (χ3v) is 3.03. The van der Waals surface area contributed by atoms with Crippen LogP contribution in [0.2, 0.25) is 0 Å². The number of esters is 1. The molecule has 0 bridgehead atoms. The lowest BCUT2D eigenvalue weighted by Gasteiger charge is -2.15. The minimum atomic E-state index is -1.59. The van der Waals surface area contributed by atoms with E-state index in [0.717, 1.165) is 0 Å². The van der Waals surface area contributed by atoms with Gasteiger partial charge in [-0.15, -0.1) is 0 Å². The van der Waals surface area contributed by atoms with Crippen LogP contribution in [0.25, 0.3) is 0 Å². The second-order valence-corrected chi connectivity index (χ2v) is 4.13. The van der Waals surface area contributed by atoms with Gasteiger partial charge in [-0.2, -0.15) is 0 Å². The summed E-state index contributed by atoms with van der Waals surface area (Å²) in [5.74, 6) is -1.46. The van der Waals surface area contributed by atoms with Crippen molar-refractivity contribution < 1.29 is 19.1 Å². The van der Waals surface area contributed by atoms with Crippen LogP contribution in [0.5, 0.6) is 0 Å². The second-order valence-electron chi connectivity index (χ2n) is 4.13. The van der Waals surface area contributed by atoms with Crippen LogP contribution in [0.3, 0.4) is 0 Å². The number of hydrogen-bond donors (Lipinski definition) is 1. The van der Waals surface area contributed by atoms with Crippen molar-refractivity contribution in [1.29, 1.82) is 0 Å². The molecule has 0 radical (unpaired) electrons. The van der Waals surface area contributed by atoms with Crippen LogP contribution < -0.4 is 5.73 Å². The maximum absolute atomic E-state index is 11.6. The molecule has 1 saturated heterocycles. The van der Waals surface area contributed by atoms with Gasteiger partial charge in [0.15, 0.2) is 0 Å². The van der Waals surface area contributed by atoms with E-state index in [0.29, 0.717) is 0 Å². The molecule has 1 amide bonds. The van der Waals surface area contributed by atoms with E-state index in [9.17, 15) is 9.59 Å². The van der Waals surface area contributed by atoms with Gasteiger partial charge >= 0.3 is 5.97 Å². The summed E-state index contributed by atoms with van der Waals surface area (Å²) in [6.07, 6.45) is 0. The van der Waals surface area contributed by atoms with E-state index >= 15 is 0 Å². The Morgan fingerprint density at radius 1 is 1.47 bits per heavy atom. The molecule has 1 heterocycles. The Morgan fingerprint density at radius 3 is 2.27 bits per heavy atom. The molecule has 0 aromatic rings. The fourth-order valence-corrected chi connectivity index (χ4v) is 1.69. The predicted molar refractivity (Wildman–Crippen MR) is 52.9 cm³/mol. The first-order chi connectivity index (χ1) is 6.83. The zero-order valence-corrected chi connectivity index (χ0v) is 9.49. The molecule has 0 spiro atoms. The van der Waals surface area contributed by atoms with Crippen molar-refractivity contribution in [3.8, 4) is 0 Å². The van der Waals surface area contributed by atoms with Gasteiger partial charge in [0.2, 0.25) is 0 Å². The van der Waals surface area contributed by atoms with Crippen molar-refractivity contribution in [3.05, 3.63) is 0 Å². The fraction of sp³-hybridized carbons (Fsp3) is 0.800. The molecule has 5 nitrogen and oxygen atoms in total. The molecular weight excluding hydrogens is 198 g/mol. The van der Waals surface area contributed by atoms with Crippen LogP contribution >= 0.6 is 0 Å². The second kappa shape index (κ2) is 3.48. The largest absolute Gasteiger partial charge is 0.463 e. The molecule has 2 N–H and O–H groups in total. The molecule has 5 heteroatoms. The molecule has 15 heavy (non-hydrogen) atoms. The quantitative estimate of drug-likeness (QED) is 0.413. The van der Waals surface area contributed by atoms with Gasteiger partial charge in [0.05, 0.1) is 6.61 Å². The Hall–Kier alpha value is -1.10. The Labute approximate surface area is 88.9 Å². The van der Waals surface area contributed by atoms with E-state index in [1.807, 2.05) is 13.8 Å². The highest BCUT2D eigenvalue weighted by Gasteiger charge is 2.78. The fourth-order valence-electron chi connectivity index (χ4n) is 1.69. The van der Waals surface area contributed by atoms with Gasteiger partial charge in [0.1, 0.15) is 5.60 Å². The molecule has 1 aliphatic rings. The minimum Gasteiger partial charge on any atom is -0.463 e. The number of primary amides is 1. The van der Waals surface area contributed by atoms with Crippen LogP contribution in [0.15, 0.2) is 0 Å². The number of amides is 1. The summed E-state index contributed by atoms with van der Waals surface area (Å²) >= 11 is 0. The number of carbonyl (C=O) groups excluding carboxylic acids is 2. The molecule has 0 aromatic carbocycles. The Morgan fingerprint density at radius 2 is 2.00 bits per heavy atom. The van der Waals surface area contributed by atoms with Gasteiger partial charge in [-0.1, -0.05) is 13.8 Å². The average molecular weight is 215 g/mol. The third kappa shape index (κ3) is 1.42. The van der Waals surface area contributed by atoms with Gasteiger partial charge in [-0.25, -0.2) is 4.79 Å². The highest BCUT2D eigenvalue weighted by molar-refractivity contribution is 6.10. The van der Waals surface area contributed by atoms with E-state index in [1.54, 1.807) is 13.8 Å². The smallest absolute Gasteiger partial charge is 0.351 e. The Balaban J connectivity index is 2.97. The average Bonchev–Trinajstić information content (AvgIpc) is 2.76. The molecule has 2 atom stereocenters. The molecule has 0 saturated carbocycles. The number of ether oxygens (including phenoxy) is 2. The predicted octanol–water partition coefficient (Wildman–Crippen LogP) is 0.218. The zero-order valence-electron chi connectivity index (χ0n) is 9.49. The summed E-state index contributed by atoms with van der Waals surface area (Å²) in [6.45, 7) is 7.29. The minimum absolute atomic E-state index is 0.00871. The maximum Gasteiger partial charge on any atom is 0.351 e. The van der Waals surface area contributed by atoms with Crippen LogP contribution in [0, 0.1) is 5.92 Å². The molecule has 0 aromatic heterocycles. The number of carbonyl (C=O) groups is 2. The Bertz CT molecular complexity index is 302. The number of nitrogens with two attached hydrogens (primary N) is 1. The van der Waals surface area contributed by atoms with Crippen molar-refractivity contribution >= 4 is 11.9 Å². The summed E-state index contributed by atoms with van der Waals surface area (Å²) in [6, 6.07) is 0. The van der Waals surface area contributed by atoms with E-state index in [1.165, 1.54) is 0 Å². The summed E-state index contributed by atoms with van der Waals surface area (Å²) in [5.41, 5.74) is 2.78. The lowest BCUT2D eigenvalue weighted by molar-refractivity contribution is -0.153. The number of rotatable bonds is 4. The molecule has 1 aliphatic heterocycles. The standard InChI is InChI=1S/C10H17NO4/c1-5-14-8(13)10(7(11)12)9(4,15-10)6(2)3/h6H,5H2,1-4H3,(H2,11,12)/t9-,10+/m0/s1. The topological polar surface area (TPSA) is 81.9 Å². The molecular formula is C10H17NO4. The monoisotopic (exact) mass is 215 g/mol. The SMILES string of the molecule is CCOC(=O)[C@@]1(C(N)=O)O[C@@]1(C)C(C)C. The first-order valence-electron chi connectivity index (χ1n) is 5.00. The van der Waals surface area contributed by atoms with E-state index in [4.69, 9.17) is 15.2 Å².